The summed E-state index contributed by atoms with van der Waals surface area (Å²) in [6.45, 7) is 6.09. The first-order chi connectivity index (χ1) is 8.54. The lowest BCUT2D eigenvalue weighted by atomic mass is 10.0. The molecule has 1 heterocycles. The van der Waals surface area contributed by atoms with Crippen molar-refractivity contribution >= 4 is 5.97 Å². The molecule has 0 bridgehead atoms. The summed E-state index contributed by atoms with van der Waals surface area (Å²) in [6, 6.07) is 3.84. The third kappa shape index (κ3) is 4.53. The smallest absolute Gasteiger partial charge is 0.323 e. The van der Waals surface area contributed by atoms with Crippen LogP contribution in [-0.2, 0) is 16.0 Å². The van der Waals surface area contributed by atoms with Crippen molar-refractivity contribution in [3.05, 3.63) is 24.2 Å². The number of hydrogen-bond donors (Lipinski definition) is 1. The van der Waals surface area contributed by atoms with Crippen LogP contribution in [0.2, 0.25) is 0 Å². The van der Waals surface area contributed by atoms with E-state index in [0.717, 1.165) is 18.6 Å². The minimum absolute atomic E-state index is 0.199. The summed E-state index contributed by atoms with van der Waals surface area (Å²) in [5, 5.41) is 3.31. The minimum Gasteiger partial charge on any atom is -0.469 e. The Bertz CT molecular complexity index is 346. The van der Waals surface area contributed by atoms with Crippen LogP contribution < -0.4 is 5.32 Å². The monoisotopic (exact) mass is 253 g/mol. The van der Waals surface area contributed by atoms with Gasteiger partial charge in [0, 0.05) is 12.5 Å². The predicted molar refractivity (Wildman–Crippen MR) is 70.3 cm³/mol. The third-order valence-corrected chi connectivity index (χ3v) is 2.99. The van der Waals surface area contributed by atoms with E-state index < -0.39 is 0 Å². The van der Waals surface area contributed by atoms with Gasteiger partial charge in [0.2, 0.25) is 0 Å². The summed E-state index contributed by atoms with van der Waals surface area (Å²) >= 11 is 0. The molecule has 1 aromatic heterocycles. The molecule has 0 aliphatic rings. The van der Waals surface area contributed by atoms with Crippen LogP contribution in [0.1, 0.15) is 33.0 Å². The zero-order valence-corrected chi connectivity index (χ0v) is 11.6. The molecule has 0 radical (unpaired) electrons. The molecule has 18 heavy (non-hydrogen) atoms. The molecule has 0 saturated heterocycles. The Labute approximate surface area is 109 Å². The van der Waals surface area contributed by atoms with E-state index in [1.807, 2.05) is 26.0 Å². The molecule has 4 heteroatoms. The third-order valence-electron chi connectivity index (χ3n) is 2.99. The molecule has 0 saturated carbocycles. The Hall–Kier alpha value is -1.29. The fourth-order valence-corrected chi connectivity index (χ4v) is 1.86. The Morgan fingerprint density at radius 2 is 2.17 bits per heavy atom. The maximum Gasteiger partial charge on any atom is 0.323 e. The Morgan fingerprint density at radius 1 is 1.44 bits per heavy atom. The van der Waals surface area contributed by atoms with Crippen molar-refractivity contribution in [2.75, 3.05) is 7.11 Å². The van der Waals surface area contributed by atoms with E-state index in [1.54, 1.807) is 6.26 Å². The zero-order valence-electron chi connectivity index (χ0n) is 11.6. The second-order valence-corrected chi connectivity index (χ2v) is 4.93. The van der Waals surface area contributed by atoms with Crippen molar-refractivity contribution in [2.45, 2.75) is 45.7 Å². The fraction of sp³-hybridized carbons (Fsp3) is 0.643. The van der Waals surface area contributed by atoms with Gasteiger partial charge in [-0.05, 0) is 31.4 Å². The topological polar surface area (TPSA) is 51.5 Å². The summed E-state index contributed by atoms with van der Waals surface area (Å²) in [6.07, 6.45) is 3.47. The predicted octanol–water partition coefficient (Wildman–Crippen LogP) is 2.39. The van der Waals surface area contributed by atoms with Gasteiger partial charge in [-0.15, -0.1) is 0 Å². The van der Waals surface area contributed by atoms with Crippen molar-refractivity contribution in [3.8, 4) is 0 Å². The van der Waals surface area contributed by atoms with Crippen LogP contribution in [0.25, 0.3) is 0 Å². The van der Waals surface area contributed by atoms with Gasteiger partial charge in [-0.1, -0.05) is 13.8 Å². The van der Waals surface area contributed by atoms with E-state index in [0.29, 0.717) is 0 Å². The molecule has 1 unspecified atom stereocenters. The molecule has 2 atom stereocenters. The second kappa shape index (κ2) is 7.21. The average Bonchev–Trinajstić information content (AvgIpc) is 2.85. The van der Waals surface area contributed by atoms with Crippen molar-refractivity contribution in [2.24, 2.45) is 5.92 Å². The number of carbonyl (C=O) groups excluding carboxylic acids is 1. The second-order valence-electron chi connectivity index (χ2n) is 4.93. The molecule has 0 spiro atoms. The van der Waals surface area contributed by atoms with Crippen LogP contribution >= 0.6 is 0 Å². The van der Waals surface area contributed by atoms with Crippen molar-refractivity contribution in [1.29, 1.82) is 0 Å². The molecule has 4 nitrogen and oxygen atoms in total. The number of furan rings is 1. The first-order valence-electron chi connectivity index (χ1n) is 6.40. The molecule has 1 aromatic rings. The maximum atomic E-state index is 11.6. The Kier molecular flexibility index (Phi) is 5.92. The van der Waals surface area contributed by atoms with Gasteiger partial charge >= 0.3 is 5.97 Å². The minimum atomic E-state index is -0.249. The van der Waals surface area contributed by atoms with Crippen molar-refractivity contribution in [3.63, 3.8) is 0 Å². The molecular formula is C14H23NO3. The van der Waals surface area contributed by atoms with Crippen molar-refractivity contribution < 1.29 is 13.9 Å². The van der Waals surface area contributed by atoms with Gasteiger partial charge in [0.1, 0.15) is 11.8 Å². The lowest BCUT2D eigenvalue weighted by Crippen LogP contribution is -2.46. The first kappa shape index (κ1) is 14.8. The lowest BCUT2D eigenvalue weighted by Gasteiger charge is -2.24. The van der Waals surface area contributed by atoms with E-state index in [4.69, 9.17) is 9.15 Å². The summed E-state index contributed by atoms with van der Waals surface area (Å²) < 4.78 is 10.1. The summed E-state index contributed by atoms with van der Waals surface area (Å²) in [7, 11) is 1.42. The molecule has 1 N–H and O–H groups in total. The number of rotatable bonds is 7. The van der Waals surface area contributed by atoms with Crippen LogP contribution in [-0.4, -0.2) is 25.2 Å². The summed E-state index contributed by atoms with van der Waals surface area (Å²) in [5.41, 5.74) is 0. The summed E-state index contributed by atoms with van der Waals surface area (Å²) in [4.78, 5) is 11.6. The Balaban J connectivity index is 2.41. The van der Waals surface area contributed by atoms with E-state index >= 15 is 0 Å². The molecule has 102 valence electrons. The van der Waals surface area contributed by atoms with Gasteiger partial charge in [0.25, 0.3) is 0 Å². The molecule has 0 amide bonds. The molecule has 0 fully saturated rings. The van der Waals surface area contributed by atoms with E-state index in [1.165, 1.54) is 7.11 Å². The van der Waals surface area contributed by atoms with Crippen LogP contribution in [0.4, 0.5) is 0 Å². The number of carbonyl (C=O) groups is 1. The highest BCUT2D eigenvalue weighted by atomic mass is 16.5. The average molecular weight is 253 g/mol. The highest BCUT2D eigenvalue weighted by Gasteiger charge is 2.24. The highest BCUT2D eigenvalue weighted by Crippen LogP contribution is 2.09. The van der Waals surface area contributed by atoms with Gasteiger partial charge in [0.15, 0.2) is 0 Å². The highest BCUT2D eigenvalue weighted by molar-refractivity contribution is 5.75. The van der Waals surface area contributed by atoms with Crippen molar-refractivity contribution in [1.82, 2.24) is 5.32 Å². The quantitative estimate of drug-likeness (QED) is 0.758. The molecule has 0 aromatic carbocycles. The van der Waals surface area contributed by atoms with Gasteiger partial charge in [-0.25, -0.2) is 0 Å². The van der Waals surface area contributed by atoms with Crippen LogP contribution in [0.5, 0.6) is 0 Å². The SMILES string of the molecule is COC(=O)[C@@H](NC(C)CCc1ccco1)C(C)C. The lowest BCUT2D eigenvalue weighted by molar-refractivity contribution is -0.144. The van der Waals surface area contributed by atoms with Gasteiger partial charge in [-0.2, -0.15) is 0 Å². The molecular weight excluding hydrogens is 230 g/mol. The standard InChI is InChI=1S/C14H23NO3/c1-10(2)13(14(16)17-4)15-11(3)7-8-12-6-5-9-18-12/h5-6,9-11,13,15H,7-8H2,1-4H3/t11?,13-/m0/s1. The number of hydrogen-bond acceptors (Lipinski definition) is 4. The normalized spacial score (nSPS) is 14.5. The van der Waals surface area contributed by atoms with Crippen LogP contribution in [0.15, 0.2) is 22.8 Å². The number of methoxy groups -OCH3 is 1. The van der Waals surface area contributed by atoms with Crippen LogP contribution in [0.3, 0.4) is 0 Å². The number of esters is 1. The number of nitrogens with one attached hydrogen (secondary N) is 1. The molecule has 0 aliphatic carbocycles. The van der Waals surface area contributed by atoms with Gasteiger partial charge in [-0.3, -0.25) is 4.79 Å². The van der Waals surface area contributed by atoms with Gasteiger partial charge in [0.05, 0.1) is 13.4 Å². The number of aryl methyl sites for hydroxylation is 1. The Morgan fingerprint density at radius 3 is 2.67 bits per heavy atom. The molecule has 0 aliphatic heterocycles. The zero-order chi connectivity index (χ0) is 13.5. The fourth-order valence-electron chi connectivity index (χ4n) is 1.86. The molecule has 1 rings (SSSR count). The summed E-state index contributed by atoms with van der Waals surface area (Å²) in [5.74, 6) is 0.987. The largest absolute Gasteiger partial charge is 0.469 e. The van der Waals surface area contributed by atoms with Crippen LogP contribution in [0, 0.1) is 5.92 Å². The van der Waals surface area contributed by atoms with E-state index in [2.05, 4.69) is 12.2 Å². The van der Waals surface area contributed by atoms with E-state index in [-0.39, 0.29) is 24.0 Å². The van der Waals surface area contributed by atoms with E-state index in [9.17, 15) is 4.79 Å². The van der Waals surface area contributed by atoms with Gasteiger partial charge < -0.3 is 14.5 Å². The maximum absolute atomic E-state index is 11.6. The number of ether oxygens (including phenoxy) is 1. The first-order valence-corrected chi connectivity index (χ1v) is 6.40.